The van der Waals surface area contributed by atoms with Crippen LogP contribution in [-0.2, 0) is 11.2 Å². The monoisotopic (exact) mass is 462 g/mol. The minimum atomic E-state index is -4.23. The van der Waals surface area contributed by atoms with Gasteiger partial charge in [-0.2, -0.15) is 13.2 Å². The van der Waals surface area contributed by atoms with E-state index in [2.05, 4.69) is 0 Å². The lowest BCUT2D eigenvalue weighted by Gasteiger charge is -2.40. The summed E-state index contributed by atoms with van der Waals surface area (Å²) in [5, 5.41) is 0. The zero-order chi connectivity index (χ0) is 23.6. The Morgan fingerprint density at radius 1 is 1.06 bits per heavy atom. The summed E-state index contributed by atoms with van der Waals surface area (Å²) in [6.45, 7) is 0.848. The molecule has 0 radical (unpaired) electrons. The fourth-order valence-electron chi connectivity index (χ4n) is 4.96. The first-order valence-electron chi connectivity index (χ1n) is 11.2. The Labute approximate surface area is 192 Å². The van der Waals surface area contributed by atoms with Crippen molar-refractivity contribution in [2.24, 2.45) is 5.92 Å². The Morgan fingerprint density at radius 2 is 1.76 bits per heavy atom. The van der Waals surface area contributed by atoms with Gasteiger partial charge in [0.1, 0.15) is 0 Å². The highest BCUT2D eigenvalue weighted by molar-refractivity contribution is 5.80. The van der Waals surface area contributed by atoms with Gasteiger partial charge in [0.2, 0.25) is 5.91 Å². The van der Waals surface area contributed by atoms with Gasteiger partial charge in [0.05, 0.1) is 32.7 Å². The predicted octanol–water partition coefficient (Wildman–Crippen LogP) is 4.45. The van der Waals surface area contributed by atoms with Crippen LogP contribution in [0, 0.1) is 5.92 Å². The summed E-state index contributed by atoms with van der Waals surface area (Å²) >= 11 is 0. The van der Waals surface area contributed by atoms with E-state index in [1.165, 1.54) is 0 Å². The van der Waals surface area contributed by atoms with Crippen LogP contribution in [0.25, 0.3) is 0 Å². The number of nitrogens with zero attached hydrogens (tertiary/aromatic N) is 2. The molecule has 33 heavy (non-hydrogen) atoms. The van der Waals surface area contributed by atoms with Crippen molar-refractivity contribution in [3.63, 3.8) is 0 Å². The highest BCUT2D eigenvalue weighted by Crippen LogP contribution is 2.41. The molecule has 8 heteroatoms. The zero-order valence-corrected chi connectivity index (χ0v) is 18.9. The smallest absolute Gasteiger partial charge is 0.393 e. The van der Waals surface area contributed by atoms with Crippen LogP contribution in [0.2, 0.25) is 0 Å². The van der Waals surface area contributed by atoms with E-state index in [1.54, 1.807) is 24.0 Å². The van der Waals surface area contributed by atoms with Gasteiger partial charge in [0.25, 0.3) is 0 Å². The molecule has 0 aromatic heterocycles. The van der Waals surface area contributed by atoms with Crippen LogP contribution < -0.4 is 9.47 Å². The molecule has 2 aliphatic heterocycles. The first-order valence-corrected chi connectivity index (χ1v) is 11.2. The average Bonchev–Trinajstić information content (AvgIpc) is 2.82. The maximum Gasteiger partial charge on any atom is 0.393 e. The maximum atomic E-state index is 13.4. The van der Waals surface area contributed by atoms with E-state index in [1.807, 2.05) is 42.5 Å². The van der Waals surface area contributed by atoms with E-state index >= 15 is 0 Å². The third kappa shape index (κ3) is 4.95. The molecule has 0 aliphatic carbocycles. The number of fused-ring (bicyclic) bond motifs is 1. The van der Waals surface area contributed by atoms with Gasteiger partial charge < -0.3 is 14.4 Å². The second-order valence-corrected chi connectivity index (χ2v) is 8.67. The Bertz CT molecular complexity index is 981. The van der Waals surface area contributed by atoms with E-state index in [9.17, 15) is 18.0 Å². The van der Waals surface area contributed by atoms with Crippen LogP contribution in [-0.4, -0.2) is 62.3 Å². The summed E-state index contributed by atoms with van der Waals surface area (Å²) < 4.78 is 50.7. The van der Waals surface area contributed by atoms with Gasteiger partial charge in [0.15, 0.2) is 11.5 Å². The second kappa shape index (κ2) is 9.63. The third-order valence-corrected chi connectivity index (χ3v) is 6.64. The molecule has 2 aromatic rings. The number of carbonyl (C=O) groups excluding carboxylic acids is 1. The molecule has 2 aromatic carbocycles. The molecule has 1 fully saturated rings. The first kappa shape index (κ1) is 23.4. The number of halogens is 3. The molecule has 178 valence electrons. The molecule has 5 nitrogen and oxygen atoms in total. The van der Waals surface area contributed by atoms with E-state index in [4.69, 9.17) is 9.47 Å². The van der Waals surface area contributed by atoms with E-state index < -0.39 is 12.1 Å². The van der Waals surface area contributed by atoms with E-state index in [-0.39, 0.29) is 31.5 Å². The zero-order valence-electron chi connectivity index (χ0n) is 18.9. The van der Waals surface area contributed by atoms with Gasteiger partial charge in [0, 0.05) is 13.1 Å². The summed E-state index contributed by atoms with van der Waals surface area (Å²) in [6.07, 6.45) is -3.02. The fraction of sp³-hybridized carbons (Fsp3) is 0.480. The predicted molar refractivity (Wildman–Crippen MR) is 118 cm³/mol. The summed E-state index contributed by atoms with van der Waals surface area (Å²) in [7, 11) is 3.16. The standard InChI is InChI=1S/C25H29F3N2O3/c1-32-21-13-18-10-12-30(23(31)16-29-11-6-9-19(15-29)25(26,27)28)24(17-7-4-3-5-8-17)20(18)14-22(21)33-2/h3-5,7-8,13-14,19,24H,6,9-12,15-16H2,1-2H3/t19-,24-/m0/s1. The lowest BCUT2D eigenvalue weighted by atomic mass is 9.87. The Hall–Kier alpha value is -2.74. The topological polar surface area (TPSA) is 42.0 Å². The summed E-state index contributed by atoms with van der Waals surface area (Å²) in [4.78, 5) is 16.9. The molecular weight excluding hydrogens is 433 g/mol. The van der Waals surface area contributed by atoms with Crippen LogP contribution >= 0.6 is 0 Å². The van der Waals surface area contributed by atoms with Gasteiger partial charge in [-0.15, -0.1) is 0 Å². The Morgan fingerprint density at radius 3 is 2.42 bits per heavy atom. The van der Waals surface area contributed by atoms with Crippen molar-refractivity contribution in [1.82, 2.24) is 9.80 Å². The number of ether oxygens (including phenoxy) is 2. The molecule has 2 heterocycles. The summed E-state index contributed by atoms with van der Waals surface area (Å²) in [6, 6.07) is 13.2. The number of hydrogen-bond donors (Lipinski definition) is 0. The van der Waals surface area contributed by atoms with Crippen LogP contribution in [0.15, 0.2) is 42.5 Å². The maximum absolute atomic E-state index is 13.4. The second-order valence-electron chi connectivity index (χ2n) is 8.67. The minimum absolute atomic E-state index is 0.0153. The molecule has 1 amide bonds. The van der Waals surface area contributed by atoms with Crippen LogP contribution in [0.1, 0.15) is 35.6 Å². The van der Waals surface area contributed by atoms with Crippen molar-refractivity contribution in [2.45, 2.75) is 31.5 Å². The molecule has 0 saturated carbocycles. The molecule has 2 atom stereocenters. The molecule has 0 N–H and O–H groups in total. The van der Waals surface area contributed by atoms with Crippen LogP contribution in [0.5, 0.6) is 11.5 Å². The number of amides is 1. The normalized spacial score (nSPS) is 21.4. The van der Waals surface area contributed by atoms with Crippen LogP contribution in [0.3, 0.4) is 0 Å². The molecule has 0 bridgehead atoms. The van der Waals surface area contributed by atoms with Crippen molar-refractivity contribution in [3.8, 4) is 11.5 Å². The van der Waals surface area contributed by atoms with Gasteiger partial charge >= 0.3 is 6.18 Å². The minimum Gasteiger partial charge on any atom is -0.493 e. The summed E-state index contributed by atoms with van der Waals surface area (Å²) in [5.41, 5.74) is 2.97. The number of benzene rings is 2. The van der Waals surface area contributed by atoms with Crippen molar-refractivity contribution in [2.75, 3.05) is 40.4 Å². The number of carbonyl (C=O) groups is 1. The number of methoxy groups -OCH3 is 2. The number of alkyl halides is 3. The fourth-order valence-corrected chi connectivity index (χ4v) is 4.96. The number of likely N-dealkylation sites (tertiary alicyclic amines) is 1. The number of hydrogen-bond acceptors (Lipinski definition) is 4. The Balaban J connectivity index is 1.63. The number of piperidine rings is 1. The molecule has 0 spiro atoms. The summed E-state index contributed by atoms with van der Waals surface area (Å²) in [5.74, 6) is -0.320. The largest absolute Gasteiger partial charge is 0.493 e. The van der Waals surface area contributed by atoms with E-state index in [0.29, 0.717) is 37.4 Å². The Kier molecular flexibility index (Phi) is 6.83. The molecule has 2 aliphatic rings. The van der Waals surface area contributed by atoms with Crippen molar-refractivity contribution in [1.29, 1.82) is 0 Å². The quantitative estimate of drug-likeness (QED) is 0.659. The van der Waals surface area contributed by atoms with Crippen LogP contribution in [0.4, 0.5) is 13.2 Å². The molecular formula is C25H29F3N2O3. The van der Waals surface area contributed by atoms with Gasteiger partial charge in [-0.25, -0.2) is 0 Å². The molecule has 4 rings (SSSR count). The highest BCUT2D eigenvalue weighted by Gasteiger charge is 2.42. The lowest BCUT2D eigenvalue weighted by Crippen LogP contribution is -2.49. The SMILES string of the molecule is COc1cc2c(cc1OC)[C@H](c1ccccc1)N(C(=O)CN1CCC[C@H](C(F)(F)F)C1)CC2. The third-order valence-electron chi connectivity index (χ3n) is 6.64. The van der Waals surface area contributed by atoms with Gasteiger partial charge in [-0.05, 0) is 54.6 Å². The first-order chi connectivity index (χ1) is 15.8. The average molecular weight is 463 g/mol. The number of rotatable bonds is 5. The van der Waals surface area contributed by atoms with E-state index in [0.717, 1.165) is 16.7 Å². The molecule has 0 unspecified atom stereocenters. The van der Waals surface area contributed by atoms with Gasteiger partial charge in [-0.1, -0.05) is 30.3 Å². The molecule has 1 saturated heterocycles. The van der Waals surface area contributed by atoms with Crippen molar-refractivity contribution < 1.29 is 27.4 Å². The van der Waals surface area contributed by atoms with Crippen molar-refractivity contribution in [3.05, 3.63) is 59.2 Å². The lowest BCUT2D eigenvalue weighted by molar-refractivity contribution is -0.187. The van der Waals surface area contributed by atoms with Gasteiger partial charge in [-0.3, -0.25) is 9.69 Å². The highest BCUT2D eigenvalue weighted by atomic mass is 19.4. The van der Waals surface area contributed by atoms with Crippen molar-refractivity contribution >= 4 is 5.91 Å².